The van der Waals surface area contributed by atoms with E-state index in [9.17, 15) is 5.11 Å². The van der Waals surface area contributed by atoms with Crippen LogP contribution in [-0.4, -0.2) is 22.5 Å². The summed E-state index contributed by atoms with van der Waals surface area (Å²) < 4.78 is 0. The summed E-state index contributed by atoms with van der Waals surface area (Å²) in [5.41, 5.74) is 0.373. The predicted molar refractivity (Wildman–Crippen MR) is 73.6 cm³/mol. The third-order valence-corrected chi connectivity index (χ3v) is 4.62. The standard InChI is InChI=1S/C15H27NO2/c1-14(2,3)12-10-13(18-16-12)15(4,17)11-8-6-5-7-9-11/h11,13,17H,5-10H2,1-4H3/t13-,15-/m0/s1. The van der Waals surface area contributed by atoms with Crippen LogP contribution in [0, 0.1) is 11.3 Å². The van der Waals surface area contributed by atoms with Crippen molar-refractivity contribution in [1.29, 1.82) is 0 Å². The van der Waals surface area contributed by atoms with Crippen LogP contribution in [0.4, 0.5) is 0 Å². The van der Waals surface area contributed by atoms with Gasteiger partial charge in [-0.3, -0.25) is 0 Å². The van der Waals surface area contributed by atoms with Gasteiger partial charge in [-0.25, -0.2) is 0 Å². The Labute approximate surface area is 111 Å². The van der Waals surface area contributed by atoms with Gasteiger partial charge in [0.15, 0.2) is 6.10 Å². The van der Waals surface area contributed by atoms with Gasteiger partial charge in [0.2, 0.25) is 0 Å². The fourth-order valence-electron chi connectivity index (χ4n) is 3.08. The maximum absolute atomic E-state index is 10.8. The lowest BCUT2D eigenvalue weighted by Crippen LogP contribution is -2.47. The van der Waals surface area contributed by atoms with Gasteiger partial charge in [0.05, 0.1) is 5.71 Å². The van der Waals surface area contributed by atoms with Crippen molar-refractivity contribution < 1.29 is 9.94 Å². The highest BCUT2D eigenvalue weighted by molar-refractivity contribution is 5.90. The van der Waals surface area contributed by atoms with E-state index in [0.717, 1.165) is 25.0 Å². The van der Waals surface area contributed by atoms with Crippen molar-refractivity contribution >= 4 is 5.71 Å². The molecule has 0 bridgehead atoms. The molecule has 0 saturated heterocycles. The number of oxime groups is 1. The first-order valence-corrected chi connectivity index (χ1v) is 7.27. The number of aliphatic hydroxyl groups is 1. The third kappa shape index (κ3) is 2.71. The number of nitrogens with zero attached hydrogens (tertiary/aromatic N) is 1. The average molecular weight is 253 g/mol. The normalized spacial score (nSPS) is 29.6. The van der Waals surface area contributed by atoms with E-state index in [2.05, 4.69) is 25.9 Å². The van der Waals surface area contributed by atoms with Gasteiger partial charge in [-0.05, 0) is 25.7 Å². The van der Waals surface area contributed by atoms with Crippen molar-refractivity contribution in [3.63, 3.8) is 0 Å². The predicted octanol–water partition coefficient (Wildman–Crippen LogP) is 3.51. The number of rotatable bonds is 2. The smallest absolute Gasteiger partial charge is 0.161 e. The van der Waals surface area contributed by atoms with Gasteiger partial charge in [0.25, 0.3) is 0 Å². The summed E-state index contributed by atoms with van der Waals surface area (Å²) >= 11 is 0. The fourth-order valence-corrected chi connectivity index (χ4v) is 3.08. The van der Waals surface area contributed by atoms with Crippen LogP contribution < -0.4 is 0 Å². The van der Waals surface area contributed by atoms with Gasteiger partial charge >= 0.3 is 0 Å². The van der Waals surface area contributed by atoms with Gasteiger partial charge in [-0.2, -0.15) is 0 Å². The van der Waals surface area contributed by atoms with E-state index in [1.165, 1.54) is 19.3 Å². The molecule has 0 aromatic heterocycles. The zero-order valence-electron chi connectivity index (χ0n) is 12.2. The van der Waals surface area contributed by atoms with Gasteiger partial charge < -0.3 is 9.94 Å². The van der Waals surface area contributed by atoms with Crippen LogP contribution in [0.5, 0.6) is 0 Å². The highest BCUT2D eigenvalue weighted by Crippen LogP contribution is 2.39. The Morgan fingerprint density at radius 2 is 1.72 bits per heavy atom. The molecular formula is C15H27NO2. The Balaban J connectivity index is 2.00. The first kappa shape index (κ1) is 13.9. The van der Waals surface area contributed by atoms with Crippen LogP contribution >= 0.6 is 0 Å². The van der Waals surface area contributed by atoms with Crippen molar-refractivity contribution in [2.24, 2.45) is 16.5 Å². The van der Waals surface area contributed by atoms with E-state index >= 15 is 0 Å². The molecule has 104 valence electrons. The largest absolute Gasteiger partial charge is 0.389 e. The fraction of sp³-hybridized carbons (Fsp3) is 0.933. The van der Waals surface area contributed by atoms with Crippen molar-refractivity contribution in [2.75, 3.05) is 0 Å². The molecule has 1 N–H and O–H groups in total. The Bertz CT molecular complexity index is 322. The van der Waals surface area contributed by atoms with Crippen molar-refractivity contribution in [2.45, 2.75) is 77.9 Å². The molecule has 0 radical (unpaired) electrons. The van der Waals surface area contributed by atoms with E-state index in [-0.39, 0.29) is 11.5 Å². The maximum Gasteiger partial charge on any atom is 0.161 e. The molecule has 0 aromatic rings. The minimum atomic E-state index is -0.739. The molecule has 1 aliphatic carbocycles. The lowest BCUT2D eigenvalue weighted by atomic mass is 9.73. The molecule has 18 heavy (non-hydrogen) atoms. The maximum atomic E-state index is 10.8. The first-order chi connectivity index (χ1) is 8.32. The molecule has 0 amide bonds. The lowest BCUT2D eigenvalue weighted by molar-refractivity contribution is -0.124. The Kier molecular flexibility index (Phi) is 3.72. The molecule has 0 aromatic carbocycles. The third-order valence-electron chi connectivity index (χ3n) is 4.62. The molecule has 1 saturated carbocycles. The lowest BCUT2D eigenvalue weighted by Gasteiger charge is -2.38. The summed E-state index contributed by atoms with van der Waals surface area (Å²) in [6.45, 7) is 8.38. The summed E-state index contributed by atoms with van der Waals surface area (Å²) in [6.07, 6.45) is 6.64. The van der Waals surface area contributed by atoms with E-state index in [4.69, 9.17) is 4.84 Å². The Morgan fingerprint density at radius 3 is 2.22 bits per heavy atom. The molecule has 3 heteroatoms. The summed E-state index contributed by atoms with van der Waals surface area (Å²) in [7, 11) is 0. The molecule has 2 atom stereocenters. The minimum Gasteiger partial charge on any atom is -0.389 e. The van der Waals surface area contributed by atoms with E-state index in [1.807, 2.05) is 6.92 Å². The highest BCUT2D eigenvalue weighted by atomic mass is 16.7. The van der Waals surface area contributed by atoms with Gasteiger partial charge in [0.1, 0.15) is 5.60 Å². The molecule has 0 unspecified atom stereocenters. The second-order valence-corrected chi connectivity index (χ2v) is 7.15. The minimum absolute atomic E-state index is 0.0391. The van der Waals surface area contributed by atoms with Crippen molar-refractivity contribution in [1.82, 2.24) is 0 Å². The van der Waals surface area contributed by atoms with Crippen LogP contribution in [0.3, 0.4) is 0 Å². The monoisotopic (exact) mass is 253 g/mol. The quantitative estimate of drug-likeness (QED) is 0.818. The van der Waals surface area contributed by atoms with Crippen molar-refractivity contribution in [3.05, 3.63) is 0 Å². The zero-order valence-corrected chi connectivity index (χ0v) is 12.2. The summed E-state index contributed by atoms with van der Waals surface area (Å²) in [4.78, 5) is 5.55. The first-order valence-electron chi connectivity index (χ1n) is 7.27. The summed E-state index contributed by atoms with van der Waals surface area (Å²) in [5.74, 6) is 0.366. The Morgan fingerprint density at radius 1 is 1.11 bits per heavy atom. The Hall–Kier alpha value is -0.570. The SMILES string of the molecule is CC(C)(C)C1=NO[C@H]([C@@](C)(O)C2CCCCC2)C1. The zero-order chi connectivity index (χ0) is 13.4. The van der Waals surface area contributed by atoms with Gasteiger partial charge in [-0.15, -0.1) is 0 Å². The molecule has 1 heterocycles. The van der Waals surface area contributed by atoms with Crippen LogP contribution in [0.2, 0.25) is 0 Å². The van der Waals surface area contributed by atoms with E-state index < -0.39 is 5.60 Å². The van der Waals surface area contributed by atoms with Crippen LogP contribution in [0.25, 0.3) is 0 Å². The molecule has 2 aliphatic rings. The number of hydrogen-bond donors (Lipinski definition) is 1. The number of hydrogen-bond acceptors (Lipinski definition) is 3. The molecule has 0 spiro atoms. The molecule has 2 rings (SSSR count). The summed E-state index contributed by atoms with van der Waals surface area (Å²) in [5, 5.41) is 15.0. The van der Waals surface area contributed by atoms with Crippen LogP contribution in [0.1, 0.15) is 66.2 Å². The molecule has 1 aliphatic heterocycles. The van der Waals surface area contributed by atoms with E-state index in [0.29, 0.717) is 5.92 Å². The van der Waals surface area contributed by atoms with Crippen LogP contribution in [-0.2, 0) is 4.84 Å². The second kappa shape index (κ2) is 4.84. The second-order valence-electron chi connectivity index (χ2n) is 7.15. The summed E-state index contributed by atoms with van der Waals surface area (Å²) in [6, 6.07) is 0. The average Bonchev–Trinajstić information content (AvgIpc) is 2.79. The van der Waals surface area contributed by atoms with Gasteiger partial charge in [0, 0.05) is 11.8 Å². The van der Waals surface area contributed by atoms with Gasteiger partial charge in [-0.1, -0.05) is 45.2 Å². The topological polar surface area (TPSA) is 41.8 Å². The van der Waals surface area contributed by atoms with Crippen molar-refractivity contribution in [3.8, 4) is 0 Å². The van der Waals surface area contributed by atoms with E-state index in [1.54, 1.807) is 0 Å². The molecule has 1 fully saturated rings. The highest BCUT2D eigenvalue weighted by Gasteiger charge is 2.45. The molecular weight excluding hydrogens is 226 g/mol. The molecule has 3 nitrogen and oxygen atoms in total. The van der Waals surface area contributed by atoms with Crippen LogP contribution in [0.15, 0.2) is 5.16 Å².